The van der Waals surface area contributed by atoms with Crippen molar-refractivity contribution in [2.24, 2.45) is 16.3 Å². The van der Waals surface area contributed by atoms with Gasteiger partial charge in [-0.2, -0.15) is 0 Å². The molecule has 0 atom stereocenters. The Hall–Kier alpha value is -3.55. The number of halogens is 1. The zero-order valence-electron chi connectivity index (χ0n) is 23.0. The fourth-order valence-electron chi connectivity index (χ4n) is 5.72. The van der Waals surface area contributed by atoms with E-state index in [0.29, 0.717) is 35.7 Å². The number of rotatable bonds is 10. The minimum atomic E-state index is -0.964. The first kappa shape index (κ1) is 28.5. The molecule has 2 aromatic carbocycles. The minimum absolute atomic E-state index is 0.0712. The van der Waals surface area contributed by atoms with Gasteiger partial charge in [-0.25, -0.2) is 4.39 Å². The van der Waals surface area contributed by atoms with Crippen LogP contribution in [0.1, 0.15) is 80.8 Å². The standard InChI is InChI=1S/C31H38FN3O4/c1-4-30(2,3)24-13-17-31(18-14-24)34-27(22-9-11-25(32)12-10-22)29(39)35(31)20-16-21-5-7-23(8-6-21)28(38)33-19-15-26(36)37/h5-12,24H,4,13-20H2,1-3H3,(H,33,38)(H,36,37). The molecule has 1 fully saturated rings. The molecule has 1 aliphatic heterocycles. The highest BCUT2D eigenvalue weighted by Gasteiger charge is 2.50. The Morgan fingerprint density at radius 2 is 1.74 bits per heavy atom. The monoisotopic (exact) mass is 535 g/mol. The molecule has 1 heterocycles. The summed E-state index contributed by atoms with van der Waals surface area (Å²) in [6, 6.07) is 13.1. The van der Waals surface area contributed by atoms with Crippen molar-refractivity contribution < 1.29 is 23.9 Å². The fourth-order valence-corrected chi connectivity index (χ4v) is 5.72. The maximum Gasteiger partial charge on any atom is 0.305 e. The fraction of sp³-hybridized carbons (Fsp3) is 0.484. The number of benzene rings is 2. The summed E-state index contributed by atoms with van der Waals surface area (Å²) in [5.41, 5.74) is 2.12. The Bertz CT molecular complexity index is 1230. The summed E-state index contributed by atoms with van der Waals surface area (Å²) < 4.78 is 13.6. The van der Waals surface area contributed by atoms with Gasteiger partial charge in [0.2, 0.25) is 0 Å². The lowest BCUT2D eigenvalue weighted by atomic mass is 9.67. The maximum absolute atomic E-state index is 13.7. The molecule has 7 nitrogen and oxygen atoms in total. The predicted molar refractivity (Wildman–Crippen MR) is 148 cm³/mol. The van der Waals surface area contributed by atoms with E-state index in [0.717, 1.165) is 37.7 Å². The number of hydrogen-bond acceptors (Lipinski definition) is 4. The second kappa shape index (κ2) is 11.7. The van der Waals surface area contributed by atoms with Crippen LogP contribution in [0.3, 0.4) is 0 Å². The Kier molecular flexibility index (Phi) is 8.52. The molecule has 0 radical (unpaired) electrons. The number of carboxylic acid groups (broad SMARTS) is 1. The Morgan fingerprint density at radius 1 is 1.10 bits per heavy atom. The third kappa shape index (κ3) is 6.37. The number of nitrogens with one attached hydrogen (secondary N) is 1. The normalized spacial score (nSPS) is 21.2. The molecular weight excluding hydrogens is 497 g/mol. The van der Waals surface area contributed by atoms with Crippen molar-refractivity contribution >= 4 is 23.5 Å². The van der Waals surface area contributed by atoms with Crippen molar-refractivity contribution in [3.8, 4) is 0 Å². The average molecular weight is 536 g/mol. The Balaban J connectivity index is 1.49. The molecule has 1 aliphatic carbocycles. The van der Waals surface area contributed by atoms with Crippen LogP contribution in [0.5, 0.6) is 0 Å². The van der Waals surface area contributed by atoms with Gasteiger partial charge in [-0.3, -0.25) is 19.4 Å². The van der Waals surface area contributed by atoms with E-state index in [2.05, 4.69) is 26.1 Å². The summed E-state index contributed by atoms with van der Waals surface area (Å²) >= 11 is 0. The quantitative estimate of drug-likeness (QED) is 0.435. The zero-order chi connectivity index (χ0) is 28.2. The van der Waals surface area contributed by atoms with E-state index in [9.17, 15) is 18.8 Å². The van der Waals surface area contributed by atoms with E-state index in [-0.39, 0.29) is 36.0 Å². The van der Waals surface area contributed by atoms with E-state index in [1.807, 2.05) is 17.0 Å². The Labute approximate surface area is 229 Å². The third-order valence-corrected chi connectivity index (χ3v) is 8.66. The lowest BCUT2D eigenvalue weighted by Crippen LogP contribution is -2.50. The van der Waals surface area contributed by atoms with Gasteiger partial charge in [0.15, 0.2) is 0 Å². The number of carbonyl (C=O) groups is 3. The van der Waals surface area contributed by atoms with Crippen molar-refractivity contribution in [2.45, 2.75) is 71.4 Å². The zero-order valence-corrected chi connectivity index (χ0v) is 23.0. The molecule has 1 saturated carbocycles. The van der Waals surface area contributed by atoms with Crippen LogP contribution in [0.25, 0.3) is 0 Å². The SMILES string of the molecule is CCC(C)(C)C1CCC2(CC1)N=C(c1ccc(F)cc1)C(=O)N2CCc1ccc(C(=O)NCCC(=O)O)cc1. The summed E-state index contributed by atoms with van der Waals surface area (Å²) in [6.45, 7) is 7.42. The van der Waals surface area contributed by atoms with Crippen LogP contribution in [0.15, 0.2) is 53.5 Å². The molecule has 0 aromatic heterocycles. The topological polar surface area (TPSA) is 99.1 Å². The van der Waals surface area contributed by atoms with Crippen LogP contribution in [0.4, 0.5) is 4.39 Å². The van der Waals surface area contributed by atoms with E-state index < -0.39 is 11.6 Å². The van der Waals surface area contributed by atoms with Crippen molar-refractivity contribution in [1.29, 1.82) is 0 Å². The maximum atomic E-state index is 13.7. The second-order valence-electron chi connectivity index (χ2n) is 11.4. The highest BCUT2D eigenvalue weighted by atomic mass is 19.1. The highest BCUT2D eigenvalue weighted by Crippen LogP contribution is 2.47. The number of aliphatic imine (C=N–C) groups is 1. The predicted octanol–water partition coefficient (Wildman–Crippen LogP) is 5.23. The molecule has 39 heavy (non-hydrogen) atoms. The molecule has 2 aliphatic rings. The van der Waals surface area contributed by atoms with Crippen molar-refractivity contribution in [3.63, 3.8) is 0 Å². The van der Waals surface area contributed by atoms with Gasteiger partial charge in [-0.1, -0.05) is 39.3 Å². The Morgan fingerprint density at radius 3 is 2.33 bits per heavy atom. The summed E-state index contributed by atoms with van der Waals surface area (Å²) in [7, 11) is 0. The van der Waals surface area contributed by atoms with E-state index in [1.54, 1.807) is 24.3 Å². The highest BCUT2D eigenvalue weighted by molar-refractivity contribution is 6.46. The molecule has 1 spiro atoms. The van der Waals surface area contributed by atoms with Gasteiger partial charge >= 0.3 is 5.97 Å². The van der Waals surface area contributed by atoms with Crippen LogP contribution in [0, 0.1) is 17.2 Å². The molecule has 8 heteroatoms. The molecule has 0 unspecified atom stereocenters. The molecule has 0 saturated heterocycles. The van der Waals surface area contributed by atoms with Crippen LogP contribution >= 0.6 is 0 Å². The lowest BCUT2D eigenvalue weighted by molar-refractivity contribution is -0.136. The largest absolute Gasteiger partial charge is 0.481 e. The average Bonchev–Trinajstić information content (AvgIpc) is 3.18. The summed E-state index contributed by atoms with van der Waals surface area (Å²) in [5, 5.41) is 11.3. The first-order chi connectivity index (χ1) is 18.5. The smallest absolute Gasteiger partial charge is 0.305 e. The van der Waals surface area contributed by atoms with Gasteiger partial charge in [0.1, 0.15) is 17.2 Å². The van der Waals surface area contributed by atoms with E-state index >= 15 is 0 Å². The van der Waals surface area contributed by atoms with Crippen LogP contribution in [0.2, 0.25) is 0 Å². The second-order valence-corrected chi connectivity index (χ2v) is 11.4. The molecule has 2 amide bonds. The summed E-state index contributed by atoms with van der Waals surface area (Å²) in [4.78, 5) is 43.6. The van der Waals surface area contributed by atoms with Crippen molar-refractivity contribution in [1.82, 2.24) is 10.2 Å². The molecule has 4 rings (SSSR count). The molecule has 0 bridgehead atoms. The van der Waals surface area contributed by atoms with Crippen LogP contribution in [-0.4, -0.2) is 52.3 Å². The number of amides is 2. The van der Waals surface area contributed by atoms with Crippen molar-refractivity contribution in [2.75, 3.05) is 13.1 Å². The molecule has 2 N–H and O–H groups in total. The minimum Gasteiger partial charge on any atom is -0.481 e. The van der Waals surface area contributed by atoms with Gasteiger partial charge < -0.3 is 15.3 Å². The van der Waals surface area contributed by atoms with Gasteiger partial charge in [-0.05, 0) is 85.4 Å². The summed E-state index contributed by atoms with van der Waals surface area (Å²) in [6.07, 6.45) is 5.16. The first-order valence-electron chi connectivity index (χ1n) is 13.8. The van der Waals surface area contributed by atoms with Gasteiger partial charge in [0.05, 0.1) is 6.42 Å². The van der Waals surface area contributed by atoms with Crippen LogP contribution in [-0.2, 0) is 16.0 Å². The molecule has 208 valence electrons. The van der Waals surface area contributed by atoms with Gasteiger partial charge in [0, 0.05) is 24.2 Å². The van der Waals surface area contributed by atoms with Gasteiger partial charge in [0.25, 0.3) is 11.8 Å². The third-order valence-electron chi connectivity index (χ3n) is 8.66. The molecule has 2 aromatic rings. The lowest BCUT2D eigenvalue weighted by Gasteiger charge is -2.45. The number of nitrogens with zero attached hydrogens (tertiary/aromatic N) is 2. The number of hydrogen-bond donors (Lipinski definition) is 2. The van der Waals surface area contributed by atoms with E-state index in [1.165, 1.54) is 12.1 Å². The number of carboxylic acids is 1. The number of carbonyl (C=O) groups excluding carboxylic acids is 2. The van der Waals surface area contributed by atoms with Crippen molar-refractivity contribution in [3.05, 3.63) is 71.0 Å². The molecular formula is C31H38FN3O4. The summed E-state index contributed by atoms with van der Waals surface area (Å²) in [5.74, 6) is -1.18. The van der Waals surface area contributed by atoms with E-state index in [4.69, 9.17) is 10.1 Å². The van der Waals surface area contributed by atoms with Gasteiger partial charge in [-0.15, -0.1) is 0 Å². The number of aliphatic carboxylic acids is 1. The first-order valence-corrected chi connectivity index (χ1v) is 13.8. The van der Waals surface area contributed by atoms with Crippen LogP contribution < -0.4 is 5.32 Å².